The number of benzene rings is 1. The third-order valence-electron chi connectivity index (χ3n) is 4.47. The molecule has 0 radical (unpaired) electrons. The SMILES string of the molecule is CCC1CCC(O)(CNC(=O)c2cccc(C)c2)CC1. The maximum atomic E-state index is 12.1. The van der Waals surface area contributed by atoms with E-state index in [1.165, 1.54) is 6.42 Å². The Hall–Kier alpha value is -1.35. The molecule has 3 nitrogen and oxygen atoms in total. The summed E-state index contributed by atoms with van der Waals surface area (Å²) in [6.45, 7) is 4.53. The van der Waals surface area contributed by atoms with Crippen molar-refractivity contribution in [3.8, 4) is 0 Å². The zero-order valence-corrected chi connectivity index (χ0v) is 12.5. The predicted octanol–water partition coefficient (Wildman–Crippen LogP) is 3.06. The molecule has 20 heavy (non-hydrogen) atoms. The standard InChI is InChI=1S/C17H25NO2/c1-3-14-7-9-17(20,10-8-14)12-18-16(19)15-6-4-5-13(2)11-15/h4-6,11,14,20H,3,7-10,12H2,1-2H3,(H,18,19). The second-order valence-electron chi connectivity index (χ2n) is 6.13. The largest absolute Gasteiger partial charge is 0.388 e. The van der Waals surface area contributed by atoms with Crippen LogP contribution in [0.5, 0.6) is 0 Å². The summed E-state index contributed by atoms with van der Waals surface area (Å²) in [5, 5.41) is 13.4. The van der Waals surface area contributed by atoms with Gasteiger partial charge in [-0.05, 0) is 50.7 Å². The average molecular weight is 275 g/mol. The lowest BCUT2D eigenvalue weighted by Gasteiger charge is -2.35. The number of aryl methyl sites for hydroxylation is 1. The molecule has 0 unspecified atom stereocenters. The summed E-state index contributed by atoms with van der Waals surface area (Å²) >= 11 is 0. The first-order chi connectivity index (χ1) is 9.52. The Kier molecular flexibility index (Phi) is 4.81. The van der Waals surface area contributed by atoms with Gasteiger partial charge in [0.05, 0.1) is 5.60 Å². The molecule has 1 aliphatic rings. The van der Waals surface area contributed by atoms with E-state index in [-0.39, 0.29) is 5.91 Å². The molecule has 1 aliphatic carbocycles. The lowest BCUT2D eigenvalue weighted by Crippen LogP contribution is -2.45. The summed E-state index contributed by atoms with van der Waals surface area (Å²) in [5.41, 5.74) is 1.01. The minimum Gasteiger partial charge on any atom is -0.388 e. The van der Waals surface area contributed by atoms with Gasteiger partial charge in [-0.15, -0.1) is 0 Å². The van der Waals surface area contributed by atoms with E-state index in [2.05, 4.69) is 12.2 Å². The van der Waals surface area contributed by atoms with Gasteiger partial charge in [0, 0.05) is 12.1 Å². The second kappa shape index (κ2) is 6.40. The van der Waals surface area contributed by atoms with Crippen molar-refractivity contribution in [1.29, 1.82) is 0 Å². The molecule has 0 heterocycles. The van der Waals surface area contributed by atoms with Crippen molar-refractivity contribution in [2.24, 2.45) is 5.92 Å². The van der Waals surface area contributed by atoms with Crippen LogP contribution in [0.15, 0.2) is 24.3 Å². The highest BCUT2D eigenvalue weighted by molar-refractivity contribution is 5.94. The van der Waals surface area contributed by atoms with E-state index < -0.39 is 5.60 Å². The Bertz CT molecular complexity index is 462. The highest BCUT2D eigenvalue weighted by atomic mass is 16.3. The van der Waals surface area contributed by atoms with E-state index in [1.807, 2.05) is 25.1 Å². The van der Waals surface area contributed by atoms with Gasteiger partial charge in [0.25, 0.3) is 5.91 Å². The van der Waals surface area contributed by atoms with Gasteiger partial charge >= 0.3 is 0 Å². The van der Waals surface area contributed by atoms with Gasteiger partial charge in [-0.25, -0.2) is 0 Å². The zero-order valence-electron chi connectivity index (χ0n) is 12.5. The van der Waals surface area contributed by atoms with Crippen LogP contribution in [0.25, 0.3) is 0 Å². The third-order valence-corrected chi connectivity index (χ3v) is 4.47. The molecule has 1 amide bonds. The Morgan fingerprint density at radius 2 is 2.10 bits per heavy atom. The number of hydrogen-bond donors (Lipinski definition) is 2. The number of aliphatic hydroxyl groups is 1. The zero-order chi connectivity index (χ0) is 14.6. The van der Waals surface area contributed by atoms with Gasteiger partial charge in [0.2, 0.25) is 0 Å². The Morgan fingerprint density at radius 1 is 1.40 bits per heavy atom. The van der Waals surface area contributed by atoms with Gasteiger partial charge in [-0.3, -0.25) is 4.79 Å². The van der Waals surface area contributed by atoms with Crippen molar-refractivity contribution in [2.75, 3.05) is 6.54 Å². The van der Waals surface area contributed by atoms with Crippen LogP contribution in [-0.2, 0) is 0 Å². The van der Waals surface area contributed by atoms with E-state index in [0.29, 0.717) is 12.1 Å². The van der Waals surface area contributed by atoms with E-state index >= 15 is 0 Å². The fourth-order valence-corrected chi connectivity index (χ4v) is 2.93. The molecule has 0 aliphatic heterocycles. The highest BCUT2D eigenvalue weighted by Gasteiger charge is 2.32. The molecule has 0 bridgehead atoms. The minimum atomic E-state index is -0.717. The number of rotatable bonds is 4. The van der Waals surface area contributed by atoms with Crippen molar-refractivity contribution in [3.05, 3.63) is 35.4 Å². The molecule has 110 valence electrons. The molecule has 0 spiro atoms. The molecule has 1 saturated carbocycles. The van der Waals surface area contributed by atoms with Gasteiger partial charge in [0.15, 0.2) is 0 Å². The summed E-state index contributed by atoms with van der Waals surface area (Å²) in [7, 11) is 0. The Labute approximate surface area is 121 Å². The summed E-state index contributed by atoms with van der Waals surface area (Å²) in [4.78, 5) is 12.1. The van der Waals surface area contributed by atoms with E-state index in [4.69, 9.17) is 0 Å². The van der Waals surface area contributed by atoms with E-state index in [0.717, 1.165) is 37.2 Å². The molecular weight excluding hydrogens is 250 g/mol. The van der Waals surface area contributed by atoms with Crippen LogP contribution in [0.2, 0.25) is 0 Å². The molecular formula is C17H25NO2. The van der Waals surface area contributed by atoms with Crippen molar-refractivity contribution < 1.29 is 9.90 Å². The van der Waals surface area contributed by atoms with Crippen LogP contribution in [0.3, 0.4) is 0 Å². The molecule has 0 atom stereocenters. The number of carbonyl (C=O) groups is 1. The quantitative estimate of drug-likeness (QED) is 0.887. The lowest BCUT2D eigenvalue weighted by molar-refractivity contribution is -0.00786. The second-order valence-corrected chi connectivity index (χ2v) is 6.13. The molecule has 2 rings (SSSR count). The molecule has 0 saturated heterocycles. The summed E-state index contributed by atoms with van der Waals surface area (Å²) in [6, 6.07) is 7.52. The van der Waals surface area contributed by atoms with Gasteiger partial charge in [-0.1, -0.05) is 31.0 Å². The molecule has 0 aromatic heterocycles. The van der Waals surface area contributed by atoms with Gasteiger partial charge in [-0.2, -0.15) is 0 Å². The highest BCUT2D eigenvalue weighted by Crippen LogP contribution is 2.33. The minimum absolute atomic E-state index is 0.0975. The maximum Gasteiger partial charge on any atom is 0.251 e. The Balaban J connectivity index is 1.87. The van der Waals surface area contributed by atoms with Crippen molar-refractivity contribution >= 4 is 5.91 Å². The van der Waals surface area contributed by atoms with E-state index in [1.54, 1.807) is 6.07 Å². The topological polar surface area (TPSA) is 49.3 Å². The van der Waals surface area contributed by atoms with Crippen LogP contribution in [0.4, 0.5) is 0 Å². The number of hydrogen-bond acceptors (Lipinski definition) is 2. The first-order valence-electron chi connectivity index (χ1n) is 7.60. The predicted molar refractivity (Wildman–Crippen MR) is 80.7 cm³/mol. The molecule has 1 aromatic rings. The monoisotopic (exact) mass is 275 g/mol. The maximum absolute atomic E-state index is 12.1. The first kappa shape index (κ1) is 15.0. The number of carbonyl (C=O) groups excluding carboxylic acids is 1. The van der Waals surface area contributed by atoms with Crippen LogP contribution >= 0.6 is 0 Å². The molecule has 1 aromatic carbocycles. The lowest BCUT2D eigenvalue weighted by atomic mass is 9.78. The normalized spacial score (nSPS) is 26.2. The summed E-state index contributed by atoms with van der Waals surface area (Å²) < 4.78 is 0. The Morgan fingerprint density at radius 3 is 2.70 bits per heavy atom. The fourth-order valence-electron chi connectivity index (χ4n) is 2.93. The van der Waals surface area contributed by atoms with Crippen LogP contribution in [0.1, 0.15) is 54.9 Å². The fraction of sp³-hybridized carbons (Fsp3) is 0.588. The van der Waals surface area contributed by atoms with Crippen LogP contribution in [0, 0.1) is 12.8 Å². The van der Waals surface area contributed by atoms with Crippen molar-refractivity contribution in [2.45, 2.75) is 51.6 Å². The first-order valence-corrected chi connectivity index (χ1v) is 7.60. The molecule has 1 fully saturated rings. The van der Waals surface area contributed by atoms with Gasteiger partial charge in [0.1, 0.15) is 0 Å². The van der Waals surface area contributed by atoms with Crippen molar-refractivity contribution in [3.63, 3.8) is 0 Å². The summed E-state index contributed by atoms with van der Waals surface area (Å²) in [6.07, 6.45) is 4.89. The van der Waals surface area contributed by atoms with Crippen LogP contribution in [-0.4, -0.2) is 23.2 Å². The average Bonchev–Trinajstić information content (AvgIpc) is 2.46. The number of nitrogens with one attached hydrogen (secondary N) is 1. The number of amides is 1. The molecule has 3 heteroatoms. The summed E-state index contributed by atoms with van der Waals surface area (Å²) in [5.74, 6) is 0.641. The third kappa shape index (κ3) is 3.83. The van der Waals surface area contributed by atoms with Crippen molar-refractivity contribution in [1.82, 2.24) is 5.32 Å². The smallest absolute Gasteiger partial charge is 0.251 e. The molecule has 2 N–H and O–H groups in total. The van der Waals surface area contributed by atoms with Crippen LogP contribution < -0.4 is 5.32 Å². The van der Waals surface area contributed by atoms with Gasteiger partial charge < -0.3 is 10.4 Å². The van der Waals surface area contributed by atoms with E-state index in [9.17, 15) is 9.90 Å².